The van der Waals surface area contributed by atoms with Gasteiger partial charge in [0.15, 0.2) is 0 Å². The number of nitrogen functional groups attached to an aromatic ring is 1. The highest BCUT2D eigenvalue weighted by molar-refractivity contribution is 5.68. The van der Waals surface area contributed by atoms with Crippen molar-refractivity contribution in [2.45, 2.75) is 6.92 Å². The Morgan fingerprint density at radius 2 is 1.67 bits per heavy atom. The number of aryl methyl sites for hydroxylation is 1. The molecule has 0 atom stereocenters. The fourth-order valence-electron chi connectivity index (χ4n) is 1.77. The fourth-order valence-corrected chi connectivity index (χ4v) is 1.77. The molecule has 2 rings (SSSR count). The first kappa shape index (κ1) is 12.3. The molecular formula is C15H19N3. The van der Waals surface area contributed by atoms with E-state index in [1.165, 1.54) is 11.3 Å². The quantitative estimate of drug-likeness (QED) is 0.809. The third-order valence-electron chi connectivity index (χ3n) is 2.92. The first-order chi connectivity index (χ1) is 8.56. The standard InChI is InChI=1S/C15H19N3/c1-11-4-5-12(16)10-15(11)17-13-6-8-14(9-7-13)18(2)3/h4-10,17H,16H2,1-3H3. The van der Waals surface area contributed by atoms with Crippen molar-refractivity contribution < 1.29 is 0 Å². The van der Waals surface area contributed by atoms with E-state index in [-0.39, 0.29) is 0 Å². The molecule has 18 heavy (non-hydrogen) atoms. The van der Waals surface area contributed by atoms with Crippen molar-refractivity contribution in [3.63, 3.8) is 0 Å². The summed E-state index contributed by atoms with van der Waals surface area (Å²) in [5.41, 5.74) is 11.0. The van der Waals surface area contributed by atoms with Crippen molar-refractivity contribution in [3.05, 3.63) is 48.0 Å². The summed E-state index contributed by atoms with van der Waals surface area (Å²) < 4.78 is 0. The van der Waals surface area contributed by atoms with Crippen molar-refractivity contribution in [2.24, 2.45) is 0 Å². The highest BCUT2D eigenvalue weighted by Crippen LogP contribution is 2.24. The average molecular weight is 241 g/mol. The molecule has 0 aliphatic carbocycles. The Labute approximate surface area is 108 Å². The van der Waals surface area contributed by atoms with Gasteiger partial charge in [0.25, 0.3) is 0 Å². The van der Waals surface area contributed by atoms with Crippen molar-refractivity contribution in [3.8, 4) is 0 Å². The van der Waals surface area contributed by atoms with Crippen molar-refractivity contribution in [2.75, 3.05) is 30.0 Å². The molecule has 0 aliphatic rings. The zero-order valence-electron chi connectivity index (χ0n) is 11.1. The Balaban J connectivity index is 2.21. The number of anilines is 4. The first-order valence-corrected chi connectivity index (χ1v) is 5.97. The van der Waals surface area contributed by atoms with E-state index < -0.39 is 0 Å². The van der Waals surface area contributed by atoms with Crippen LogP contribution in [0.2, 0.25) is 0 Å². The Hall–Kier alpha value is -2.16. The number of nitrogens with zero attached hydrogens (tertiary/aromatic N) is 1. The number of rotatable bonds is 3. The molecule has 0 saturated heterocycles. The Bertz CT molecular complexity index is 530. The van der Waals surface area contributed by atoms with E-state index in [4.69, 9.17) is 5.73 Å². The number of benzene rings is 2. The van der Waals surface area contributed by atoms with Crippen LogP contribution in [0.5, 0.6) is 0 Å². The lowest BCUT2D eigenvalue weighted by atomic mass is 10.1. The van der Waals surface area contributed by atoms with E-state index in [9.17, 15) is 0 Å². The second-order valence-corrected chi connectivity index (χ2v) is 4.64. The van der Waals surface area contributed by atoms with E-state index in [1.54, 1.807) is 0 Å². The zero-order chi connectivity index (χ0) is 13.1. The molecule has 0 unspecified atom stereocenters. The molecule has 0 amide bonds. The van der Waals surface area contributed by atoms with Gasteiger partial charge in [-0.15, -0.1) is 0 Å². The molecule has 0 bridgehead atoms. The average Bonchev–Trinajstić information content (AvgIpc) is 2.34. The number of hydrogen-bond donors (Lipinski definition) is 2. The summed E-state index contributed by atoms with van der Waals surface area (Å²) in [6.07, 6.45) is 0. The molecule has 94 valence electrons. The number of hydrogen-bond acceptors (Lipinski definition) is 3. The molecule has 0 saturated carbocycles. The molecule has 0 radical (unpaired) electrons. The minimum Gasteiger partial charge on any atom is -0.399 e. The van der Waals surface area contributed by atoms with Gasteiger partial charge in [-0.05, 0) is 48.9 Å². The maximum absolute atomic E-state index is 5.80. The fraction of sp³-hybridized carbons (Fsp3) is 0.200. The van der Waals surface area contributed by atoms with Crippen LogP contribution in [0.4, 0.5) is 22.7 Å². The smallest absolute Gasteiger partial charge is 0.0434 e. The van der Waals surface area contributed by atoms with Gasteiger partial charge < -0.3 is 16.0 Å². The molecule has 3 nitrogen and oxygen atoms in total. The van der Waals surface area contributed by atoms with Crippen LogP contribution in [-0.4, -0.2) is 14.1 Å². The van der Waals surface area contributed by atoms with E-state index in [2.05, 4.69) is 41.4 Å². The van der Waals surface area contributed by atoms with Gasteiger partial charge in [-0.1, -0.05) is 6.07 Å². The lowest BCUT2D eigenvalue weighted by Crippen LogP contribution is -2.08. The van der Waals surface area contributed by atoms with Crippen LogP contribution in [0.1, 0.15) is 5.56 Å². The second kappa shape index (κ2) is 5.00. The molecule has 0 aromatic heterocycles. The summed E-state index contributed by atoms with van der Waals surface area (Å²) in [6.45, 7) is 2.07. The van der Waals surface area contributed by atoms with Gasteiger partial charge >= 0.3 is 0 Å². The Morgan fingerprint density at radius 3 is 2.28 bits per heavy atom. The number of nitrogens with one attached hydrogen (secondary N) is 1. The van der Waals surface area contributed by atoms with E-state index in [0.29, 0.717) is 0 Å². The lowest BCUT2D eigenvalue weighted by Gasteiger charge is -2.14. The van der Waals surface area contributed by atoms with Crippen LogP contribution in [0.3, 0.4) is 0 Å². The summed E-state index contributed by atoms with van der Waals surface area (Å²) in [6, 6.07) is 14.2. The molecule has 0 aliphatic heterocycles. The van der Waals surface area contributed by atoms with E-state index in [0.717, 1.165) is 17.1 Å². The van der Waals surface area contributed by atoms with Crippen LogP contribution in [0, 0.1) is 6.92 Å². The first-order valence-electron chi connectivity index (χ1n) is 5.97. The highest BCUT2D eigenvalue weighted by Gasteiger charge is 2.00. The van der Waals surface area contributed by atoms with Gasteiger partial charge in [-0.3, -0.25) is 0 Å². The monoisotopic (exact) mass is 241 g/mol. The highest BCUT2D eigenvalue weighted by atomic mass is 15.1. The summed E-state index contributed by atoms with van der Waals surface area (Å²) in [5.74, 6) is 0. The number of nitrogens with two attached hydrogens (primary N) is 1. The zero-order valence-corrected chi connectivity index (χ0v) is 11.1. The molecule has 2 aromatic carbocycles. The summed E-state index contributed by atoms with van der Waals surface area (Å²) in [5, 5.41) is 3.38. The van der Waals surface area contributed by atoms with Crippen LogP contribution in [0.25, 0.3) is 0 Å². The van der Waals surface area contributed by atoms with Crippen molar-refractivity contribution >= 4 is 22.7 Å². The van der Waals surface area contributed by atoms with E-state index >= 15 is 0 Å². The maximum Gasteiger partial charge on any atom is 0.0434 e. The third-order valence-corrected chi connectivity index (χ3v) is 2.92. The molecular weight excluding hydrogens is 222 g/mol. The van der Waals surface area contributed by atoms with Gasteiger partial charge in [0.05, 0.1) is 0 Å². The summed E-state index contributed by atoms with van der Waals surface area (Å²) in [4.78, 5) is 2.08. The molecule has 2 aromatic rings. The molecule has 0 fully saturated rings. The van der Waals surface area contributed by atoms with Gasteiger partial charge in [0.1, 0.15) is 0 Å². The summed E-state index contributed by atoms with van der Waals surface area (Å²) in [7, 11) is 4.06. The van der Waals surface area contributed by atoms with Gasteiger partial charge in [0.2, 0.25) is 0 Å². The minimum absolute atomic E-state index is 0.771. The Kier molecular flexibility index (Phi) is 3.42. The largest absolute Gasteiger partial charge is 0.399 e. The van der Waals surface area contributed by atoms with Crippen LogP contribution < -0.4 is 16.0 Å². The van der Waals surface area contributed by atoms with Crippen LogP contribution >= 0.6 is 0 Å². The van der Waals surface area contributed by atoms with Crippen molar-refractivity contribution in [1.29, 1.82) is 0 Å². The maximum atomic E-state index is 5.80. The van der Waals surface area contributed by atoms with Gasteiger partial charge in [0, 0.05) is 36.8 Å². The lowest BCUT2D eigenvalue weighted by molar-refractivity contribution is 1.13. The summed E-state index contributed by atoms with van der Waals surface area (Å²) >= 11 is 0. The van der Waals surface area contributed by atoms with Crippen LogP contribution in [0.15, 0.2) is 42.5 Å². The normalized spacial score (nSPS) is 10.2. The van der Waals surface area contributed by atoms with Crippen LogP contribution in [-0.2, 0) is 0 Å². The SMILES string of the molecule is Cc1ccc(N)cc1Nc1ccc(N(C)C)cc1. The van der Waals surface area contributed by atoms with Gasteiger partial charge in [-0.2, -0.15) is 0 Å². The Morgan fingerprint density at radius 1 is 1.00 bits per heavy atom. The molecule has 0 spiro atoms. The van der Waals surface area contributed by atoms with Crippen molar-refractivity contribution in [1.82, 2.24) is 0 Å². The second-order valence-electron chi connectivity index (χ2n) is 4.64. The molecule has 3 N–H and O–H groups in total. The predicted molar refractivity (Wildman–Crippen MR) is 79.6 cm³/mol. The molecule has 3 heteroatoms. The predicted octanol–water partition coefficient (Wildman–Crippen LogP) is 3.39. The molecule has 0 heterocycles. The third kappa shape index (κ3) is 2.74. The van der Waals surface area contributed by atoms with E-state index in [1.807, 2.05) is 32.3 Å². The minimum atomic E-state index is 0.771. The van der Waals surface area contributed by atoms with Gasteiger partial charge in [-0.25, -0.2) is 0 Å². The topological polar surface area (TPSA) is 41.3 Å².